The van der Waals surface area contributed by atoms with Crippen molar-refractivity contribution < 1.29 is 0 Å². The SMILES string of the molecule is C=C(CC)N1CCC1.CC. The summed E-state index contributed by atoms with van der Waals surface area (Å²) in [6, 6.07) is 0. The molecule has 0 atom stereocenters. The first kappa shape index (κ1) is 9.54. The normalized spacial score (nSPS) is 14.9. The van der Waals surface area contributed by atoms with Gasteiger partial charge in [-0.1, -0.05) is 27.4 Å². The van der Waals surface area contributed by atoms with E-state index in [2.05, 4.69) is 18.4 Å². The molecule has 1 saturated heterocycles. The first-order chi connectivity index (χ1) is 4.84. The molecule has 0 saturated carbocycles. The van der Waals surface area contributed by atoms with Crippen LogP contribution in [0.4, 0.5) is 0 Å². The summed E-state index contributed by atoms with van der Waals surface area (Å²) in [5, 5.41) is 0. The smallest absolute Gasteiger partial charge is 0.0191 e. The highest BCUT2D eigenvalue weighted by Gasteiger charge is 2.12. The molecule has 1 rings (SSSR count). The summed E-state index contributed by atoms with van der Waals surface area (Å²) in [5.41, 5.74) is 1.30. The molecule has 1 nitrogen and oxygen atoms in total. The van der Waals surface area contributed by atoms with E-state index in [1.54, 1.807) is 0 Å². The lowest BCUT2D eigenvalue weighted by Crippen LogP contribution is -2.35. The van der Waals surface area contributed by atoms with Crippen LogP contribution < -0.4 is 0 Å². The molecule has 1 aliphatic rings. The van der Waals surface area contributed by atoms with Gasteiger partial charge in [-0.15, -0.1) is 0 Å². The maximum atomic E-state index is 3.92. The molecule has 0 spiro atoms. The van der Waals surface area contributed by atoms with Gasteiger partial charge < -0.3 is 4.90 Å². The number of allylic oxidation sites excluding steroid dienone is 1. The van der Waals surface area contributed by atoms with E-state index in [-0.39, 0.29) is 0 Å². The second-order valence-electron chi connectivity index (χ2n) is 2.26. The zero-order valence-electron chi connectivity index (χ0n) is 7.48. The molecule has 0 aliphatic carbocycles. The fourth-order valence-corrected chi connectivity index (χ4v) is 0.856. The lowest BCUT2D eigenvalue weighted by Gasteiger charge is -2.34. The van der Waals surface area contributed by atoms with Crippen molar-refractivity contribution in [3.8, 4) is 0 Å². The molecule has 0 aromatic carbocycles. The van der Waals surface area contributed by atoms with Gasteiger partial charge in [0.05, 0.1) is 0 Å². The van der Waals surface area contributed by atoms with Crippen LogP contribution in [-0.2, 0) is 0 Å². The molecule has 1 heterocycles. The van der Waals surface area contributed by atoms with Gasteiger partial charge in [0, 0.05) is 18.8 Å². The maximum Gasteiger partial charge on any atom is 0.0191 e. The molecular formula is C9H19N. The van der Waals surface area contributed by atoms with Gasteiger partial charge in [0.2, 0.25) is 0 Å². The van der Waals surface area contributed by atoms with Crippen LogP contribution in [0.25, 0.3) is 0 Å². The van der Waals surface area contributed by atoms with Crippen molar-refractivity contribution in [1.82, 2.24) is 4.90 Å². The van der Waals surface area contributed by atoms with Gasteiger partial charge in [-0.2, -0.15) is 0 Å². The molecule has 0 aromatic rings. The molecule has 1 fully saturated rings. The van der Waals surface area contributed by atoms with Crippen LogP contribution in [-0.4, -0.2) is 18.0 Å². The monoisotopic (exact) mass is 141 g/mol. The van der Waals surface area contributed by atoms with Crippen molar-refractivity contribution in [2.24, 2.45) is 0 Å². The van der Waals surface area contributed by atoms with Crippen LogP contribution >= 0.6 is 0 Å². The van der Waals surface area contributed by atoms with Gasteiger partial charge in [-0.3, -0.25) is 0 Å². The first-order valence-corrected chi connectivity index (χ1v) is 4.27. The molecule has 60 valence electrons. The lowest BCUT2D eigenvalue weighted by molar-refractivity contribution is 0.233. The highest BCUT2D eigenvalue weighted by atomic mass is 15.2. The fraction of sp³-hybridized carbons (Fsp3) is 0.778. The molecule has 0 N–H and O–H groups in total. The van der Waals surface area contributed by atoms with E-state index < -0.39 is 0 Å². The van der Waals surface area contributed by atoms with E-state index in [0.717, 1.165) is 6.42 Å². The highest BCUT2D eigenvalue weighted by Crippen LogP contribution is 2.14. The lowest BCUT2D eigenvalue weighted by atomic mass is 10.2. The summed E-state index contributed by atoms with van der Waals surface area (Å²) in [6.07, 6.45) is 2.47. The maximum absolute atomic E-state index is 3.92. The van der Waals surface area contributed by atoms with Crippen LogP contribution in [0.1, 0.15) is 33.6 Å². The third kappa shape index (κ3) is 2.42. The van der Waals surface area contributed by atoms with Crippen LogP contribution in [0.3, 0.4) is 0 Å². The molecule has 0 amide bonds. The van der Waals surface area contributed by atoms with E-state index in [4.69, 9.17) is 0 Å². The van der Waals surface area contributed by atoms with Gasteiger partial charge in [0.1, 0.15) is 0 Å². The second kappa shape index (κ2) is 5.33. The van der Waals surface area contributed by atoms with Crippen molar-refractivity contribution in [1.29, 1.82) is 0 Å². The molecular weight excluding hydrogens is 122 g/mol. The Balaban J connectivity index is 0.000000371. The number of nitrogens with zero attached hydrogens (tertiary/aromatic N) is 1. The fourth-order valence-electron chi connectivity index (χ4n) is 0.856. The van der Waals surface area contributed by atoms with Gasteiger partial charge in [0.25, 0.3) is 0 Å². The highest BCUT2D eigenvalue weighted by molar-refractivity contribution is 4.96. The number of hydrogen-bond acceptors (Lipinski definition) is 1. The Morgan fingerprint density at radius 2 is 1.90 bits per heavy atom. The molecule has 0 bridgehead atoms. The molecule has 1 heteroatoms. The summed E-state index contributed by atoms with van der Waals surface area (Å²) in [7, 11) is 0. The van der Waals surface area contributed by atoms with Crippen LogP contribution in [0.5, 0.6) is 0 Å². The quantitative estimate of drug-likeness (QED) is 0.571. The van der Waals surface area contributed by atoms with Crippen LogP contribution in [0, 0.1) is 0 Å². The van der Waals surface area contributed by atoms with Crippen LogP contribution in [0.2, 0.25) is 0 Å². The van der Waals surface area contributed by atoms with E-state index in [1.807, 2.05) is 13.8 Å². The van der Waals surface area contributed by atoms with Gasteiger partial charge >= 0.3 is 0 Å². The van der Waals surface area contributed by atoms with Crippen molar-refractivity contribution in [2.45, 2.75) is 33.6 Å². The van der Waals surface area contributed by atoms with E-state index in [9.17, 15) is 0 Å². The summed E-state index contributed by atoms with van der Waals surface area (Å²) in [5.74, 6) is 0. The third-order valence-electron chi connectivity index (χ3n) is 1.71. The number of likely N-dealkylation sites (tertiary alicyclic amines) is 1. The predicted octanol–water partition coefficient (Wildman–Crippen LogP) is 2.64. The molecule has 10 heavy (non-hydrogen) atoms. The first-order valence-electron chi connectivity index (χ1n) is 4.27. The zero-order valence-corrected chi connectivity index (χ0v) is 7.48. The standard InChI is InChI=1S/C7H13N.C2H6/c1-3-7(2)8-5-4-6-8;1-2/h2-6H2,1H3;1-2H3. The van der Waals surface area contributed by atoms with E-state index in [1.165, 1.54) is 25.2 Å². The zero-order chi connectivity index (χ0) is 7.98. The summed E-state index contributed by atoms with van der Waals surface area (Å²) in [4.78, 5) is 2.33. The largest absolute Gasteiger partial charge is 0.375 e. The Morgan fingerprint density at radius 1 is 1.40 bits per heavy atom. The Bertz CT molecular complexity index is 92.9. The van der Waals surface area contributed by atoms with Gasteiger partial charge in [-0.05, 0) is 12.8 Å². The number of hydrogen-bond donors (Lipinski definition) is 0. The summed E-state index contributed by atoms with van der Waals surface area (Å²) < 4.78 is 0. The molecule has 1 aliphatic heterocycles. The topological polar surface area (TPSA) is 3.24 Å². The second-order valence-corrected chi connectivity index (χ2v) is 2.26. The minimum Gasteiger partial charge on any atom is -0.375 e. The minimum atomic E-state index is 1.11. The molecule has 0 aromatic heterocycles. The van der Waals surface area contributed by atoms with Crippen molar-refractivity contribution in [2.75, 3.05) is 13.1 Å². The van der Waals surface area contributed by atoms with Gasteiger partial charge in [-0.25, -0.2) is 0 Å². The van der Waals surface area contributed by atoms with Crippen molar-refractivity contribution in [3.63, 3.8) is 0 Å². The summed E-state index contributed by atoms with van der Waals surface area (Å²) >= 11 is 0. The Hall–Kier alpha value is -0.460. The molecule has 0 radical (unpaired) electrons. The predicted molar refractivity (Wildman–Crippen MR) is 47.0 cm³/mol. The Morgan fingerprint density at radius 3 is 2.00 bits per heavy atom. The van der Waals surface area contributed by atoms with Gasteiger partial charge in [0.15, 0.2) is 0 Å². The Labute approximate surface area is 64.7 Å². The van der Waals surface area contributed by atoms with E-state index in [0.29, 0.717) is 0 Å². The summed E-state index contributed by atoms with van der Waals surface area (Å²) in [6.45, 7) is 12.6. The van der Waals surface area contributed by atoms with Crippen LogP contribution in [0.15, 0.2) is 12.3 Å². The number of rotatable bonds is 2. The average molecular weight is 141 g/mol. The average Bonchev–Trinajstić information content (AvgIpc) is 1.89. The minimum absolute atomic E-state index is 1.11. The van der Waals surface area contributed by atoms with Crippen molar-refractivity contribution >= 4 is 0 Å². The Kier molecular flexibility index (Phi) is 5.09. The molecule has 0 unspecified atom stereocenters. The third-order valence-corrected chi connectivity index (χ3v) is 1.71. The van der Waals surface area contributed by atoms with Crippen molar-refractivity contribution in [3.05, 3.63) is 12.3 Å². The van der Waals surface area contributed by atoms with E-state index >= 15 is 0 Å².